The molecule has 1 N–H and O–H groups in total. The van der Waals surface area contributed by atoms with Crippen molar-refractivity contribution < 1.29 is 35.3 Å². The van der Waals surface area contributed by atoms with Crippen LogP contribution in [0.25, 0.3) is 11.3 Å². The van der Waals surface area contributed by atoms with Crippen LogP contribution in [0.2, 0.25) is 0 Å². The predicted molar refractivity (Wildman–Crippen MR) is 126 cm³/mol. The minimum absolute atomic E-state index is 0.0228. The van der Waals surface area contributed by atoms with Gasteiger partial charge in [-0.3, -0.25) is 4.90 Å². The SMILES string of the molecule is CC[C@H]1CC[C@@H](c2ncc(-c3ccc(OS(=O)(=O)C(F)(F)F)c4c3CCC4)[nH]2)N1C(=O)OC(C)(C)C. The Morgan fingerprint density at radius 3 is 2.50 bits per heavy atom. The van der Waals surface area contributed by atoms with E-state index in [0.717, 1.165) is 18.4 Å². The quantitative estimate of drug-likeness (QED) is 0.397. The molecular formula is C24H30F3N3O5S. The van der Waals surface area contributed by atoms with Crippen LogP contribution in [0.3, 0.4) is 0 Å². The average Bonchev–Trinajstić information content (AvgIpc) is 3.50. The molecule has 0 bridgehead atoms. The molecule has 1 aromatic carbocycles. The lowest BCUT2D eigenvalue weighted by atomic mass is 10.0. The first-order chi connectivity index (χ1) is 16.7. The number of nitrogens with one attached hydrogen (secondary N) is 1. The summed E-state index contributed by atoms with van der Waals surface area (Å²) in [6.45, 7) is 7.46. The van der Waals surface area contributed by atoms with E-state index in [2.05, 4.69) is 14.2 Å². The van der Waals surface area contributed by atoms with Crippen LogP contribution in [0.4, 0.5) is 18.0 Å². The van der Waals surface area contributed by atoms with Gasteiger partial charge in [0.1, 0.15) is 17.2 Å². The van der Waals surface area contributed by atoms with Crippen LogP contribution in [0.15, 0.2) is 18.3 Å². The first kappa shape index (κ1) is 26.3. The van der Waals surface area contributed by atoms with Crippen LogP contribution < -0.4 is 4.18 Å². The highest BCUT2D eigenvalue weighted by atomic mass is 32.2. The van der Waals surface area contributed by atoms with Crippen LogP contribution in [0.5, 0.6) is 5.75 Å². The summed E-state index contributed by atoms with van der Waals surface area (Å²) in [6.07, 6.45) is 5.15. The maximum absolute atomic E-state index is 13.0. The van der Waals surface area contributed by atoms with Crippen molar-refractivity contribution in [1.82, 2.24) is 14.9 Å². The van der Waals surface area contributed by atoms with Gasteiger partial charge >= 0.3 is 21.7 Å². The zero-order valence-corrected chi connectivity index (χ0v) is 21.4. The standard InChI is InChI=1S/C24H30F3N3O5S/c1-5-14-9-11-19(30(14)22(31)34-23(2,3)4)21-28-13-18(29-21)16-10-12-20(17-8-6-7-15(16)17)35-36(32,33)24(25,26)27/h10,12-14,19H,5-9,11H2,1-4H3,(H,28,29)/t14-,19-/m0/s1. The molecule has 2 aromatic rings. The van der Waals surface area contributed by atoms with Crippen molar-refractivity contribution in [3.63, 3.8) is 0 Å². The number of carbonyl (C=O) groups is 1. The third kappa shape index (κ3) is 5.05. The van der Waals surface area contributed by atoms with Gasteiger partial charge in [0, 0.05) is 11.6 Å². The molecule has 0 saturated carbocycles. The van der Waals surface area contributed by atoms with Crippen LogP contribution >= 0.6 is 0 Å². The number of imidazole rings is 1. The second-order valence-corrected chi connectivity index (χ2v) is 11.7. The van der Waals surface area contributed by atoms with Gasteiger partial charge in [0.2, 0.25) is 0 Å². The third-order valence-electron chi connectivity index (χ3n) is 6.50. The fraction of sp³-hybridized carbons (Fsp3) is 0.583. The van der Waals surface area contributed by atoms with Crippen molar-refractivity contribution in [2.45, 2.75) is 89.4 Å². The largest absolute Gasteiger partial charge is 0.534 e. The van der Waals surface area contributed by atoms with E-state index >= 15 is 0 Å². The Hall–Kier alpha value is -2.76. The predicted octanol–water partition coefficient (Wildman–Crippen LogP) is 5.64. The molecule has 1 aliphatic carbocycles. The lowest BCUT2D eigenvalue weighted by Gasteiger charge is -2.31. The van der Waals surface area contributed by atoms with Gasteiger partial charge in [-0.25, -0.2) is 9.78 Å². The molecule has 1 amide bonds. The zero-order chi connectivity index (χ0) is 26.5. The number of nitrogens with zero attached hydrogens (tertiary/aromatic N) is 2. The molecule has 8 nitrogen and oxygen atoms in total. The van der Waals surface area contributed by atoms with E-state index in [4.69, 9.17) is 4.74 Å². The Morgan fingerprint density at radius 2 is 1.86 bits per heavy atom. The summed E-state index contributed by atoms with van der Waals surface area (Å²) in [5.41, 5.74) is -3.63. The fourth-order valence-corrected chi connectivity index (χ4v) is 5.44. The van der Waals surface area contributed by atoms with Gasteiger partial charge in [-0.1, -0.05) is 6.92 Å². The zero-order valence-electron chi connectivity index (χ0n) is 20.6. The first-order valence-electron chi connectivity index (χ1n) is 11.9. The summed E-state index contributed by atoms with van der Waals surface area (Å²) in [4.78, 5) is 22.5. The summed E-state index contributed by atoms with van der Waals surface area (Å²) in [7, 11) is -5.76. The molecule has 12 heteroatoms. The van der Waals surface area contributed by atoms with Gasteiger partial charge in [0.15, 0.2) is 0 Å². The number of aromatic nitrogens is 2. The highest BCUT2D eigenvalue weighted by Gasteiger charge is 2.49. The number of H-pyrrole nitrogens is 1. The topological polar surface area (TPSA) is 102 Å². The van der Waals surface area contributed by atoms with E-state index < -0.39 is 27.3 Å². The first-order valence-corrected chi connectivity index (χ1v) is 13.3. The Labute approximate surface area is 208 Å². The van der Waals surface area contributed by atoms with E-state index in [1.807, 2.05) is 27.7 Å². The van der Waals surface area contributed by atoms with Gasteiger partial charge in [0.05, 0.1) is 17.9 Å². The lowest BCUT2D eigenvalue weighted by Crippen LogP contribution is -2.41. The summed E-state index contributed by atoms with van der Waals surface area (Å²) in [5.74, 6) is 0.291. The normalized spacial score (nSPS) is 20.5. The summed E-state index contributed by atoms with van der Waals surface area (Å²) < 4.78 is 71.7. The number of amides is 1. The summed E-state index contributed by atoms with van der Waals surface area (Å²) >= 11 is 0. The Balaban J connectivity index is 1.64. The number of hydrogen-bond donors (Lipinski definition) is 1. The smallest absolute Gasteiger partial charge is 0.444 e. The van der Waals surface area contributed by atoms with E-state index in [1.165, 1.54) is 12.1 Å². The highest BCUT2D eigenvalue weighted by molar-refractivity contribution is 7.88. The molecule has 1 fully saturated rings. The fourth-order valence-electron chi connectivity index (χ4n) is 4.95. The van der Waals surface area contributed by atoms with Crippen molar-refractivity contribution in [2.75, 3.05) is 0 Å². The summed E-state index contributed by atoms with van der Waals surface area (Å²) in [6, 6.07) is 2.51. The molecular weight excluding hydrogens is 499 g/mol. The molecule has 1 saturated heterocycles. The van der Waals surface area contributed by atoms with Gasteiger partial charge in [-0.2, -0.15) is 21.6 Å². The molecule has 1 aromatic heterocycles. The lowest BCUT2D eigenvalue weighted by molar-refractivity contribution is -0.0500. The number of halogens is 3. The number of aromatic amines is 1. The Bertz CT molecular complexity index is 1250. The number of fused-ring (bicyclic) bond motifs is 1. The van der Waals surface area contributed by atoms with Crippen LogP contribution in [-0.4, -0.2) is 46.5 Å². The van der Waals surface area contributed by atoms with E-state index in [-0.39, 0.29) is 17.8 Å². The molecule has 4 rings (SSSR count). The average molecular weight is 530 g/mol. The van der Waals surface area contributed by atoms with Crippen molar-refractivity contribution in [3.8, 4) is 17.0 Å². The number of ether oxygens (including phenoxy) is 1. The second-order valence-electron chi connectivity index (χ2n) is 10.1. The second kappa shape index (κ2) is 9.28. The van der Waals surface area contributed by atoms with Gasteiger partial charge < -0.3 is 13.9 Å². The van der Waals surface area contributed by atoms with Gasteiger partial charge in [-0.05, 0) is 82.6 Å². The number of rotatable bonds is 5. The monoisotopic (exact) mass is 529 g/mol. The van der Waals surface area contributed by atoms with Crippen molar-refractivity contribution in [3.05, 3.63) is 35.3 Å². The van der Waals surface area contributed by atoms with E-state index in [9.17, 15) is 26.4 Å². The van der Waals surface area contributed by atoms with Gasteiger partial charge in [-0.15, -0.1) is 0 Å². The number of carbonyl (C=O) groups excluding carboxylic acids is 1. The molecule has 198 valence electrons. The third-order valence-corrected chi connectivity index (χ3v) is 7.47. The maximum atomic E-state index is 13.0. The van der Waals surface area contributed by atoms with Crippen molar-refractivity contribution >= 4 is 16.2 Å². The molecule has 2 atom stereocenters. The van der Waals surface area contributed by atoms with Crippen molar-refractivity contribution in [1.29, 1.82) is 0 Å². The molecule has 1 aliphatic heterocycles. The van der Waals surface area contributed by atoms with Crippen LogP contribution in [-0.2, 0) is 27.7 Å². The Morgan fingerprint density at radius 1 is 1.17 bits per heavy atom. The van der Waals surface area contributed by atoms with Crippen LogP contribution in [0.1, 0.15) is 76.4 Å². The number of alkyl halides is 3. The van der Waals surface area contributed by atoms with E-state index in [0.29, 0.717) is 48.3 Å². The molecule has 0 spiro atoms. The number of likely N-dealkylation sites (tertiary alicyclic amines) is 1. The number of hydrogen-bond acceptors (Lipinski definition) is 6. The molecule has 2 aliphatic rings. The Kier molecular flexibility index (Phi) is 6.78. The van der Waals surface area contributed by atoms with E-state index in [1.54, 1.807) is 11.1 Å². The minimum Gasteiger partial charge on any atom is -0.444 e. The van der Waals surface area contributed by atoms with Gasteiger partial charge in [0.25, 0.3) is 0 Å². The van der Waals surface area contributed by atoms with Crippen LogP contribution in [0, 0.1) is 0 Å². The number of benzene rings is 1. The molecule has 36 heavy (non-hydrogen) atoms. The van der Waals surface area contributed by atoms with Crippen molar-refractivity contribution in [2.24, 2.45) is 0 Å². The molecule has 2 heterocycles. The maximum Gasteiger partial charge on any atom is 0.534 e. The minimum atomic E-state index is -5.76. The molecule has 0 unspecified atom stereocenters. The summed E-state index contributed by atoms with van der Waals surface area (Å²) in [5, 5.41) is 0. The highest BCUT2D eigenvalue weighted by Crippen LogP contribution is 2.41. The molecule has 0 radical (unpaired) electrons.